The normalized spacial score (nSPS) is 22.3. The van der Waals surface area contributed by atoms with E-state index in [0.717, 1.165) is 6.42 Å². The summed E-state index contributed by atoms with van der Waals surface area (Å²) < 4.78 is 25.0. The number of amides is 1. The Hall–Kier alpha value is -0.330. The fraction of sp³-hybridized carbons (Fsp3) is 0.889. The van der Waals surface area contributed by atoms with Gasteiger partial charge >= 0.3 is 0 Å². The summed E-state index contributed by atoms with van der Waals surface area (Å²) in [5.41, 5.74) is 0. The molecule has 0 aliphatic carbocycles. The van der Waals surface area contributed by atoms with Gasteiger partial charge in [0.1, 0.15) is 6.04 Å². The molecule has 1 fully saturated rings. The van der Waals surface area contributed by atoms with Crippen LogP contribution in [0.25, 0.3) is 0 Å². The van der Waals surface area contributed by atoms with E-state index in [1.807, 2.05) is 0 Å². The third kappa shape index (κ3) is 2.87. The van der Waals surface area contributed by atoms with Crippen LogP contribution in [0.3, 0.4) is 0 Å². The van der Waals surface area contributed by atoms with Gasteiger partial charge in [0.2, 0.25) is 15.9 Å². The first-order valence-corrected chi connectivity index (χ1v) is 7.31. The summed E-state index contributed by atoms with van der Waals surface area (Å²) in [6, 6.07) is -0.539. The second-order valence-electron chi connectivity index (χ2n) is 4.01. The molecule has 0 aromatic carbocycles. The summed E-state index contributed by atoms with van der Waals surface area (Å²) in [6.45, 7) is 0.420. The molecule has 1 aliphatic rings. The monoisotopic (exact) mass is 268 g/mol. The van der Waals surface area contributed by atoms with Gasteiger partial charge in [0.05, 0.1) is 5.75 Å². The lowest BCUT2D eigenvalue weighted by Crippen LogP contribution is -2.46. The number of hydrogen-bond donors (Lipinski definition) is 0. The zero-order chi connectivity index (χ0) is 12.3. The minimum absolute atomic E-state index is 0.0573. The van der Waals surface area contributed by atoms with Gasteiger partial charge in [-0.3, -0.25) is 4.79 Å². The molecule has 0 saturated carbocycles. The van der Waals surface area contributed by atoms with Crippen molar-refractivity contribution >= 4 is 27.5 Å². The quantitative estimate of drug-likeness (QED) is 0.680. The minimum atomic E-state index is -3.38. The molecule has 0 aromatic rings. The van der Waals surface area contributed by atoms with E-state index < -0.39 is 16.1 Å². The summed E-state index contributed by atoms with van der Waals surface area (Å²) in [4.78, 5) is 13.2. The van der Waals surface area contributed by atoms with Crippen molar-refractivity contribution in [1.29, 1.82) is 0 Å². The van der Waals surface area contributed by atoms with Crippen LogP contribution in [0, 0.1) is 0 Å². The highest BCUT2D eigenvalue weighted by molar-refractivity contribution is 7.89. The molecular formula is C9H17ClN2O3S. The van der Waals surface area contributed by atoms with Gasteiger partial charge in [-0.15, -0.1) is 11.6 Å². The minimum Gasteiger partial charge on any atom is -0.347 e. The number of halogens is 1. The summed E-state index contributed by atoms with van der Waals surface area (Å²) in [6.07, 6.45) is 1.32. The van der Waals surface area contributed by atoms with Crippen LogP contribution in [0.15, 0.2) is 0 Å². The van der Waals surface area contributed by atoms with Crippen LogP contribution in [0.2, 0.25) is 0 Å². The molecule has 1 amide bonds. The molecule has 0 N–H and O–H groups in total. The first-order chi connectivity index (χ1) is 7.40. The summed E-state index contributed by atoms with van der Waals surface area (Å²) in [7, 11) is -0.120. The van der Waals surface area contributed by atoms with E-state index in [2.05, 4.69) is 0 Å². The molecule has 1 aliphatic heterocycles. The van der Waals surface area contributed by atoms with Crippen LogP contribution in [0.5, 0.6) is 0 Å². The standard InChI is InChI=1S/C9H17ClN2O3S/c1-11(2)9(13)8-4-3-6-12(8)16(14,15)7-5-10/h8H,3-7H2,1-2H3. The molecule has 1 unspecified atom stereocenters. The molecular weight excluding hydrogens is 252 g/mol. The molecule has 0 spiro atoms. The summed E-state index contributed by atoms with van der Waals surface area (Å²) >= 11 is 5.45. The van der Waals surface area contributed by atoms with Crippen LogP contribution in [0.4, 0.5) is 0 Å². The highest BCUT2D eigenvalue weighted by atomic mass is 35.5. The van der Waals surface area contributed by atoms with Crippen molar-refractivity contribution in [3.8, 4) is 0 Å². The van der Waals surface area contributed by atoms with Gasteiger partial charge < -0.3 is 4.90 Å². The molecule has 0 radical (unpaired) electrons. The maximum atomic E-state index is 11.8. The second-order valence-corrected chi connectivity index (χ2v) is 6.43. The molecule has 16 heavy (non-hydrogen) atoms. The average Bonchev–Trinajstić information content (AvgIpc) is 2.65. The van der Waals surface area contributed by atoms with Crippen LogP contribution in [0.1, 0.15) is 12.8 Å². The largest absolute Gasteiger partial charge is 0.347 e. The van der Waals surface area contributed by atoms with E-state index >= 15 is 0 Å². The second kappa shape index (κ2) is 5.33. The highest BCUT2D eigenvalue weighted by Crippen LogP contribution is 2.22. The zero-order valence-corrected chi connectivity index (χ0v) is 11.1. The molecule has 1 heterocycles. The van der Waals surface area contributed by atoms with Gasteiger partial charge in [-0.1, -0.05) is 0 Å². The van der Waals surface area contributed by atoms with Crippen LogP contribution in [-0.2, 0) is 14.8 Å². The van der Waals surface area contributed by atoms with E-state index in [0.29, 0.717) is 13.0 Å². The van der Waals surface area contributed by atoms with E-state index in [4.69, 9.17) is 11.6 Å². The van der Waals surface area contributed by atoms with Gasteiger partial charge in [0.25, 0.3) is 0 Å². The fourth-order valence-corrected chi connectivity index (χ4v) is 3.84. The SMILES string of the molecule is CN(C)C(=O)C1CCCN1S(=O)(=O)CCCl. The maximum absolute atomic E-state index is 11.8. The molecule has 1 saturated heterocycles. The Bertz CT molecular complexity index is 356. The lowest BCUT2D eigenvalue weighted by atomic mass is 10.2. The Balaban J connectivity index is 2.85. The number of alkyl halides is 1. The Labute approximate surface area is 101 Å². The zero-order valence-electron chi connectivity index (χ0n) is 9.52. The molecule has 0 bridgehead atoms. The smallest absolute Gasteiger partial charge is 0.240 e. The van der Waals surface area contributed by atoms with Crippen molar-refractivity contribution in [2.75, 3.05) is 32.3 Å². The Morgan fingerprint density at radius 1 is 1.50 bits per heavy atom. The van der Waals surface area contributed by atoms with Crippen LogP contribution < -0.4 is 0 Å². The topological polar surface area (TPSA) is 57.7 Å². The van der Waals surface area contributed by atoms with E-state index in [-0.39, 0.29) is 17.5 Å². The van der Waals surface area contributed by atoms with Gasteiger partial charge in [-0.05, 0) is 12.8 Å². The van der Waals surface area contributed by atoms with Crippen molar-refractivity contribution < 1.29 is 13.2 Å². The number of rotatable bonds is 4. The van der Waals surface area contributed by atoms with Crippen molar-refractivity contribution in [3.05, 3.63) is 0 Å². The Morgan fingerprint density at radius 2 is 2.12 bits per heavy atom. The maximum Gasteiger partial charge on any atom is 0.240 e. The Morgan fingerprint density at radius 3 is 2.62 bits per heavy atom. The predicted octanol–water partition coefficient (Wildman–Crippen LogP) is 0.108. The average molecular weight is 269 g/mol. The number of likely N-dealkylation sites (N-methyl/N-ethyl adjacent to an activating group) is 1. The van der Waals surface area contributed by atoms with Crippen molar-refractivity contribution in [1.82, 2.24) is 9.21 Å². The summed E-state index contributed by atoms with van der Waals surface area (Å²) in [5, 5.41) is 0. The summed E-state index contributed by atoms with van der Waals surface area (Å²) in [5.74, 6) is -0.205. The number of carbonyl (C=O) groups excluding carboxylic acids is 1. The number of nitrogens with zero attached hydrogens (tertiary/aromatic N) is 2. The van der Waals surface area contributed by atoms with E-state index in [9.17, 15) is 13.2 Å². The van der Waals surface area contributed by atoms with Gasteiger partial charge in [0.15, 0.2) is 0 Å². The lowest BCUT2D eigenvalue weighted by molar-refractivity contribution is -0.132. The van der Waals surface area contributed by atoms with Crippen molar-refractivity contribution in [2.45, 2.75) is 18.9 Å². The predicted molar refractivity (Wildman–Crippen MR) is 62.9 cm³/mol. The molecule has 0 aromatic heterocycles. The van der Waals surface area contributed by atoms with E-state index in [1.54, 1.807) is 14.1 Å². The van der Waals surface area contributed by atoms with Gasteiger partial charge in [0, 0.05) is 26.5 Å². The first kappa shape index (κ1) is 13.7. The highest BCUT2D eigenvalue weighted by Gasteiger charge is 2.38. The molecule has 1 rings (SSSR count). The van der Waals surface area contributed by atoms with Gasteiger partial charge in [-0.25, -0.2) is 8.42 Å². The van der Waals surface area contributed by atoms with Crippen molar-refractivity contribution in [3.63, 3.8) is 0 Å². The molecule has 7 heteroatoms. The molecule has 1 atom stereocenters. The Kier molecular flexibility index (Phi) is 4.58. The number of carbonyl (C=O) groups is 1. The lowest BCUT2D eigenvalue weighted by Gasteiger charge is -2.25. The van der Waals surface area contributed by atoms with Gasteiger partial charge in [-0.2, -0.15) is 4.31 Å². The number of sulfonamides is 1. The fourth-order valence-electron chi connectivity index (χ4n) is 1.83. The molecule has 94 valence electrons. The number of hydrogen-bond acceptors (Lipinski definition) is 3. The van der Waals surface area contributed by atoms with E-state index in [1.165, 1.54) is 9.21 Å². The molecule has 5 nitrogen and oxygen atoms in total. The van der Waals surface area contributed by atoms with Crippen LogP contribution >= 0.6 is 11.6 Å². The van der Waals surface area contributed by atoms with Crippen molar-refractivity contribution in [2.24, 2.45) is 0 Å². The first-order valence-electron chi connectivity index (χ1n) is 5.17. The third-order valence-electron chi connectivity index (χ3n) is 2.62. The third-order valence-corrected chi connectivity index (χ3v) is 4.91. The van der Waals surface area contributed by atoms with Crippen LogP contribution in [-0.4, -0.2) is 61.8 Å².